The molecule has 0 aliphatic carbocycles. The Morgan fingerprint density at radius 2 is 2.53 bits per heavy atom. The van der Waals surface area contributed by atoms with E-state index in [0.717, 1.165) is 31.4 Å². The largest absolute Gasteiger partial charge is 0.481 e. The monoisotopic (exact) mass is 208 g/mol. The lowest BCUT2D eigenvalue weighted by Gasteiger charge is -2.21. The second kappa shape index (κ2) is 4.04. The summed E-state index contributed by atoms with van der Waals surface area (Å²) in [4.78, 5) is 15.2. The number of rotatable bonds is 3. The molecule has 2 heterocycles. The number of aryl methyl sites for hydroxylation is 1. The summed E-state index contributed by atoms with van der Waals surface area (Å²) in [5, 5.41) is 8.94. The Hall–Kier alpha value is -1.32. The van der Waals surface area contributed by atoms with Crippen molar-refractivity contribution in [3.63, 3.8) is 0 Å². The number of aromatic nitrogens is 2. The van der Waals surface area contributed by atoms with E-state index in [0.29, 0.717) is 6.54 Å². The first kappa shape index (κ1) is 10.2. The average molecular weight is 208 g/mol. The Morgan fingerprint density at radius 3 is 3.20 bits per heavy atom. The van der Waals surface area contributed by atoms with E-state index in [1.807, 2.05) is 4.57 Å². The fourth-order valence-electron chi connectivity index (χ4n) is 2.18. The van der Waals surface area contributed by atoms with Gasteiger partial charge in [-0.25, -0.2) is 4.98 Å². The zero-order valence-electron chi connectivity index (χ0n) is 8.94. The summed E-state index contributed by atoms with van der Waals surface area (Å²) in [5.41, 5.74) is 2.40. The molecule has 2 rings (SSSR count). The Labute approximate surface area is 88.9 Å². The molecule has 0 fully saturated rings. The molecule has 0 saturated heterocycles. The van der Waals surface area contributed by atoms with Crippen molar-refractivity contribution in [2.24, 2.45) is 5.92 Å². The summed E-state index contributed by atoms with van der Waals surface area (Å²) in [5.74, 6) is -0.924. The van der Waals surface area contributed by atoms with Gasteiger partial charge in [0.25, 0.3) is 0 Å². The summed E-state index contributed by atoms with van der Waals surface area (Å²) in [7, 11) is 0. The molecule has 1 N–H and O–H groups in total. The maximum Gasteiger partial charge on any atom is 0.308 e. The van der Waals surface area contributed by atoms with Crippen molar-refractivity contribution in [1.29, 1.82) is 0 Å². The van der Waals surface area contributed by atoms with Gasteiger partial charge in [-0.15, -0.1) is 0 Å². The molecule has 4 heteroatoms. The van der Waals surface area contributed by atoms with Crippen LogP contribution in [0.4, 0.5) is 0 Å². The number of hydrogen-bond acceptors (Lipinski definition) is 2. The van der Waals surface area contributed by atoms with E-state index in [1.165, 1.54) is 5.69 Å². The summed E-state index contributed by atoms with van der Waals surface area (Å²) >= 11 is 0. The third kappa shape index (κ3) is 1.89. The lowest BCUT2D eigenvalue weighted by molar-refractivity contribution is -0.142. The minimum atomic E-state index is -0.689. The minimum Gasteiger partial charge on any atom is -0.481 e. The quantitative estimate of drug-likeness (QED) is 0.818. The molecule has 0 radical (unpaired) electrons. The Balaban J connectivity index is 2.18. The van der Waals surface area contributed by atoms with Crippen LogP contribution in [0.1, 0.15) is 31.2 Å². The van der Waals surface area contributed by atoms with E-state index in [-0.39, 0.29) is 5.92 Å². The Bertz CT molecular complexity index is 371. The van der Waals surface area contributed by atoms with Crippen molar-refractivity contribution in [1.82, 2.24) is 9.55 Å². The van der Waals surface area contributed by atoms with Gasteiger partial charge < -0.3 is 9.67 Å². The van der Waals surface area contributed by atoms with Crippen molar-refractivity contribution in [3.8, 4) is 0 Å². The van der Waals surface area contributed by atoms with Gasteiger partial charge in [0, 0.05) is 12.2 Å². The number of carboxylic acid groups (broad SMARTS) is 1. The van der Waals surface area contributed by atoms with Crippen LogP contribution in [-0.2, 0) is 24.2 Å². The van der Waals surface area contributed by atoms with Gasteiger partial charge in [-0.2, -0.15) is 0 Å². The highest BCUT2D eigenvalue weighted by Crippen LogP contribution is 2.23. The van der Waals surface area contributed by atoms with Gasteiger partial charge in [-0.1, -0.05) is 13.3 Å². The van der Waals surface area contributed by atoms with Gasteiger partial charge in [-0.3, -0.25) is 4.79 Å². The Morgan fingerprint density at radius 1 is 1.73 bits per heavy atom. The molecule has 1 atom stereocenters. The first-order valence-electron chi connectivity index (χ1n) is 5.48. The summed E-state index contributed by atoms with van der Waals surface area (Å²) in [6.45, 7) is 2.72. The van der Waals surface area contributed by atoms with E-state index in [9.17, 15) is 4.79 Å². The van der Waals surface area contributed by atoms with Crippen LogP contribution < -0.4 is 0 Å². The predicted octanol–water partition coefficient (Wildman–Crippen LogP) is 1.48. The number of carboxylic acids is 1. The fraction of sp³-hybridized carbons (Fsp3) is 0.636. The molecule has 1 aromatic heterocycles. The molecular weight excluding hydrogens is 192 g/mol. The SMILES string of the molecule is CCCc1ncn2c1CCC(C(=O)O)C2. The van der Waals surface area contributed by atoms with Crippen LogP contribution in [0.25, 0.3) is 0 Å². The zero-order chi connectivity index (χ0) is 10.8. The normalized spacial score (nSPS) is 19.9. The topological polar surface area (TPSA) is 55.1 Å². The van der Waals surface area contributed by atoms with Gasteiger partial charge in [0.15, 0.2) is 0 Å². The Kier molecular flexibility index (Phi) is 2.75. The van der Waals surface area contributed by atoms with E-state index in [4.69, 9.17) is 5.11 Å². The second-order valence-electron chi connectivity index (χ2n) is 4.11. The van der Waals surface area contributed by atoms with Gasteiger partial charge in [-0.05, 0) is 19.3 Å². The van der Waals surface area contributed by atoms with Crippen LogP contribution in [0.2, 0.25) is 0 Å². The van der Waals surface area contributed by atoms with E-state index < -0.39 is 5.97 Å². The summed E-state index contributed by atoms with van der Waals surface area (Å²) in [6.07, 6.45) is 5.48. The molecule has 1 aromatic rings. The second-order valence-corrected chi connectivity index (χ2v) is 4.11. The molecular formula is C11H16N2O2. The maximum absolute atomic E-state index is 10.9. The lowest BCUT2D eigenvalue weighted by Crippen LogP contribution is -2.26. The highest BCUT2D eigenvalue weighted by atomic mass is 16.4. The number of aliphatic carboxylic acids is 1. The number of nitrogens with zero attached hydrogens (tertiary/aromatic N) is 2. The summed E-state index contributed by atoms with van der Waals surface area (Å²) in [6, 6.07) is 0. The molecule has 4 nitrogen and oxygen atoms in total. The standard InChI is InChI=1S/C11H16N2O2/c1-2-3-9-10-5-4-8(11(14)15)6-13(10)7-12-9/h7-8H,2-6H2,1H3,(H,14,15). The van der Waals surface area contributed by atoms with Crippen LogP contribution in [0.3, 0.4) is 0 Å². The molecule has 82 valence electrons. The molecule has 15 heavy (non-hydrogen) atoms. The number of imidazole rings is 1. The van der Waals surface area contributed by atoms with Crippen LogP contribution in [-0.4, -0.2) is 20.6 Å². The van der Waals surface area contributed by atoms with Crippen LogP contribution >= 0.6 is 0 Å². The van der Waals surface area contributed by atoms with E-state index >= 15 is 0 Å². The number of fused-ring (bicyclic) bond motifs is 1. The molecule has 0 amide bonds. The molecule has 1 aliphatic rings. The van der Waals surface area contributed by atoms with Crippen molar-refractivity contribution < 1.29 is 9.90 Å². The van der Waals surface area contributed by atoms with Crippen LogP contribution in [0, 0.1) is 5.92 Å². The minimum absolute atomic E-state index is 0.235. The molecule has 0 aromatic carbocycles. The average Bonchev–Trinajstić information content (AvgIpc) is 2.61. The van der Waals surface area contributed by atoms with Gasteiger partial charge in [0.1, 0.15) is 0 Å². The molecule has 0 bridgehead atoms. The summed E-state index contributed by atoms with van der Waals surface area (Å²) < 4.78 is 2.01. The number of hydrogen-bond donors (Lipinski definition) is 1. The first-order chi connectivity index (χ1) is 7.22. The molecule has 1 unspecified atom stereocenters. The zero-order valence-corrected chi connectivity index (χ0v) is 8.94. The van der Waals surface area contributed by atoms with Crippen LogP contribution in [0.15, 0.2) is 6.33 Å². The predicted molar refractivity (Wildman–Crippen MR) is 55.7 cm³/mol. The van der Waals surface area contributed by atoms with Gasteiger partial charge in [0.05, 0.1) is 17.9 Å². The van der Waals surface area contributed by atoms with Gasteiger partial charge >= 0.3 is 5.97 Å². The van der Waals surface area contributed by atoms with Crippen LogP contribution in [0.5, 0.6) is 0 Å². The maximum atomic E-state index is 10.9. The smallest absolute Gasteiger partial charge is 0.308 e. The van der Waals surface area contributed by atoms with E-state index in [1.54, 1.807) is 6.33 Å². The van der Waals surface area contributed by atoms with Crippen molar-refractivity contribution in [2.75, 3.05) is 0 Å². The molecule has 0 saturated carbocycles. The highest BCUT2D eigenvalue weighted by Gasteiger charge is 2.25. The van der Waals surface area contributed by atoms with Gasteiger partial charge in [0.2, 0.25) is 0 Å². The van der Waals surface area contributed by atoms with Crippen molar-refractivity contribution >= 4 is 5.97 Å². The van der Waals surface area contributed by atoms with E-state index in [2.05, 4.69) is 11.9 Å². The lowest BCUT2D eigenvalue weighted by atomic mass is 9.96. The van der Waals surface area contributed by atoms with Crippen molar-refractivity contribution in [2.45, 2.75) is 39.2 Å². The first-order valence-corrected chi connectivity index (χ1v) is 5.48. The third-order valence-corrected chi connectivity index (χ3v) is 3.02. The number of carbonyl (C=O) groups is 1. The highest BCUT2D eigenvalue weighted by molar-refractivity contribution is 5.70. The van der Waals surface area contributed by atoms with Crippen molar-refractivity contribution in [3.05, 3.63) is 17.7 Å². The molecule has 0 spiro atoms. The molecule has 1 aliphatic heterocycles. The third-order valence-electron chi connectivity index (χ3n) is 3.02. The fourth-order valence-corrected chi connectivity index (χ4v) is 2.18.